The molecule has 0 heterocycles. The van der Waals surface area contributed by atoms with Gasteiger partial charge >= 0.3 is 64.8 Å². The topological polar surface area (TPSA) is 0 Å². The van der Waals surface area contributed by atoms with E-state index < -0.39 is 21.2 Å². The number of hydrogen-bond acceptors (Lipinski definition) is 0. The van der Waals surface area contributed by atoms with E-state index in [1.807, 2.05) is 0 Å². The van der Waals surface area contributed by atoms with Crippen LogP contribution in [0, 0.1) is 0 Å². The van der Waals surface area contributed by atoms with Gasteiger partial charge in [-0.1, -0.05) is 0 Å². The van der Waals surface area contributed by atoms with Crippen LogP contribution in [0.5, 0.6) is 0 Å². The van der Waals surface area contributed by atoms with Crippen molar-refractivity contribution in [2.24, 2.45) is 0 Å². The van der Waals surface area contributed by atoms with Crippen LogP contribution in [0.4, 0.5) is 0 Å². The van der Waals surface area contributed by atoms with Gasteiger partial charge < -0.3 is 0 Å². The summed E-state index contributed by atoms with van der Waals surface area (Å²) in [6.45, 7) is 4.66. The van der Waals surface area contributed by atoms with Gasteiger partial charge in [0.1, 0.15) is 0 Å². The molecule has 9 heavy (non-hydrogen) atoms. The van der Waals surface area contributed by atoms with Crippen molar-refractivity contribution >= 4 is 21.2 Å². The predicted molar refractivity (Wildman–Crippen MR) is 47.7 cm³/mol. The molecule has 0 N–H and O–H groups in total. The Labute approximate surface area is 64.7 Å². The van der Waals surface area contributed by atoms with Crippen molar-refractivity contribution < 1.29 is 0 Å². The van der Waals surface area contributed by atoms with Crippen LogP contribution in [-0.2, 0) is 0 Å². The first-order valence-corrected chi connectivity index (χ1v) is 17.4. The molecule has 0 aliphatic heterocycles. The Morgan fingerprint density at radius 3 is 2.00 bits per heavy atom. The van der Waals surface area contributed by atoms with Gasteiger partial charge in [-0.3, -0.25) is 0 Å². The zero-order chi connectivity index (χ0) is 7.33. The molecule has 1 heteroatoms. The summed E-state index contributed by atoms with van der Waals surface area (Å²) in [5.41, 5.74) is 0. The van der Waals surface area contributed by atoms with Gasteiger partial charge in [-0.15, -0.1) is 0 Å². The van der Waals surface area contributed by atoms with Crippen LogP contribution in [0.1, 0.15) is 26.7 Å². The molecule has 0 aromatic carbocycles. The summed E-state index contributed by atoms with van der Waals surface area (Å²) < 4.78 is 8.29. The average Bonchev–Trinajstić information content (AvgIpc) is 1.84. The second kappa shape index (κ2) is 4.69. The monoisotopic (exact) mass is 324 g/mol. The van der Waals surface area contributed by atoms with Crippen LogP contribution in [0.25, 0.3) is 0 Å². The van der Waals surface area contributed by atoms with E-state index in [1.54, 1.807) is 3.98 Å². The summed E-state index contributed by atoms with van der Waals surface area (Å²) in [4.78, 5) is 0. The molecule has 0 saturated carbocycles. The Hall–Kier alpha value is 0.922. The molecule has 0 aliphatic rings. The third-order valence-corrected chi connectivity index (χ3v) is 16.2. The second-order valence-electron chi connectivity index (χ2n) is 3.62. The Morgan fingerprint density at radius 2 is 1.67 bits per heavy atom. The molecule has 0 radical (unpaired) electrons. The van der Waals surface area contributed by atoms with E-state index in [9.17, 15) is 0 Å². The first-order chi connectivity index (χ1) is 4.12. The minimum absolute atomic E-state index is 1.39. The Morgan fingerprint density at radius 1 is 1.11 bits per heavy atom. The van der Waals surface area contributed by atoms with Crippen LogP contribution >= 0.6 is 0 Å². The van der Waals surface area contributed by atoms with Crippen molar-refractivity contribution in [3.05, 3.63) is 0 Å². The van der Waals surface area contributed by atoms with Crippen molar-refractivity contribution in [3.63, 3.8) is 0 Å². The fourth-order valence-electron chi connectivity index (χ4n) is 0.832. The predicted octanol–water partition coefficient (Wildman–Crippen LogP) is 3.51. The summed E-state index contributed by atoms with van der Waals surface area (Å²) in [5.74, 6) is 0. The summed E-state index contributed by atoms with van der Waals surface area (Å²) in [6, 6.07) is 0. The van der Waals surface area contributed by atoms with Gasteiger partial charge in [0.05, 0.1) is 0 Å². The van der Waals surface area contributed by atoms with Crippen molar-refractivity contribution in [2.75, 3.05) is 0 Å². The van der Waals surface area contributed by atoms with E-state index in [4.69, 9.17) is 0 Å². The molecule has 0 nitrogen and oxygen atoms in total. The van der Waals surface area contributed by atoms with Crippen LogP contribution in [0.2, 0.25) is 16.9 Å². The quantitative estimate of drug-likeness (QED) is 0.695. The molecule has 0 aromatic heterocycles. The van der Waals surface area contributed by atoms with Gasteiger partial charge in [0, 0.05) is 0 Å². The van der Waals surface area contributed by atoms with Gasteiger partial charge in [0.25, 0.3) is 0 Å². The molecule has 0 aliphatic carbocycles. The number of rotatable bonds is 4. The molecule has 0 atom stereocenters. The zero-order valence-corrected chi connectivity index (χ0v) is 11.2. The van der Waals surface area contributed by atoms with E-state index in [0.717, 1.165) is 0 Å². The molecule has 0 aromatic rings. The third-order valence-electron chi connectivity index (χ3n) is 2.16. The normalized spacial score (nSPS) is 12.0. The van der Waals surface area contributed by atoms with E-state index >= 15 is 0 Å². The molecule has 0 saturated heterocycles. The van der Waals surface area contributed by atoms with Gasteiger partial charge in [0.15, 0.2) is 0 Å². The maximum atomic E-state index is 2.57. The number of hydrogen-bond donors (Lipinski definition) is 0. The molecular formula is C8H20Pb. The van der Waals surface area contributed by atoms with Gasteiger partial charge in [-0.2, -0.15) is 0 Å². The molecule has 0 bridgehead atoms. The molecular weight excluding hydrogens is 303 g/mol. The van der Waals surface area contributed by atoms with E-state index in [0.29, 0.717) is 0 Å². The van der Waals surface area contributed by atoms with Crippen molar-refractivity contribution in [3.8, 4) is 0 Å². The first-order valence-electron chi connectivity index (χ1n) is 4.12. The Kier molecular flexibility index (Phi) is 5.17. The molecule has 0 rings (SSSR count). The van der Waals surface area contributed by atoms with Gasteiger partial charge in [-0.05, 0) is 0 Å². The van der Waals surface area contributed by atoms with Crippen LogP contribution in [0.3, 0.4) is 0 Å². The zero-order valence-electron chi connectivity index (χ0n) is 7.33. The molecule has 0 amide bonds. The first kappa shape index (κ1) is 9.92. The van der Waals surface area contributed by atoms with Crippen molar-refractivity contribution in [2.45, 2.75) is 43.6 Å². The van der Waals surface area contributed by atoms with Crippen LogP contribution < -0.4 is 0 Å². The molecule has 0 fully saturated rings. The summed E-state index contributed by atoms with van der Waals surface area (Å²) in [6.07, 6.45) is 2.88. The SMILES string of the molecule is CCC[CH2][Pb]([CH3])([CH3])[CH2]C. The molecule has 56 valence electrons. The molecule has 0 unspecified atom stereocenters. The Bertz CT molecular complexity index is 67.0. The van der Waals surface area contributed by atoms with Gasteiger partial charge in [0.2, 0.25) is 0 Å². The average molecular weight is 323 g/mol. The van der Waals surface area contributed by atoms with Crippen molar-refractivity contribution in [1.29, 1.82) is 0 Å². The summed E-state index contributed by atoms with van der Waals surface area (Å²) >= 11 is -1.47. The minimum atomic E-state index is -1.47. The Balaban J connectivity index is 3.33. The summed E-state index contributed by atoms with van der Waals surface area (Å²) in [5, 5.41) is 0. The van der Waals surface area contributed by atoms with Crippen LogP contribution in [0.15, 0.2) is 0 Å². The fourth-order valence-corrected chi connectivity index (χ4v) is 7.30. The standard InChI is InChI=1S/C4H9.C2H5.2CH3.Pb/c1-3-4-2;1-2;;;/h1,3-4H2,2H3;1H2,2H3;2*1H3;. The molecule has 0 spiro atoms. The van der Waals surface area contributed by atoms with E-state index in [1.165, 1.54) is 16.8 Å². The third kappa shape index (κ3) is 5.37. The fraction of sp³-hybridized carbons (Fsp3) is 1.00. The van der Waals surface area contributed by atoms with E-state index in [-0.39, 0.29) is 0 Å². The second-order valence-corrected chi connectivity index (χ2v) is 25.1. The van der Waals surface area contributed by atoms with Crippen molar-refractivity contribution in [1.82, 2.24) is 0 Å². The number of unbranched alkanes of at least 4 members (excludes halogenated alkanes) is 1. The van der Waals surface area contributed by atoms with Gasteiger partial charge in [-0.25, -0.2) is 0 Å². The van der Waals surface area contributed by atoms with E-state index in [2.05, 4.69) is 22.8 Å². The van der Waals surface area contributed by atoms with Crippen LogP contribution in [-0.4, -0.2) is 21.2 Å². The maximum absolute atomic E-state index is 2.57. The summed E-state index contributed by atoms with van der Waals surface area (Å²) in [7, 11) is 0.